The van der Waals surface area contributed by atoms with Crippen LogP contribution in [0.4, 0.5) is 0 Å². The number of nitriles is 1. The van der Waals surface area contributed by atoms with Gasteiger partial charge in [0.05, 0.1) is 12.6 Å². The van der Waals surface area contributed by atoms with Gasteiger partial charge in [0.2, 0.25) is 0 Å². The summed E-state index contributed by atoms with van der Waals surface area (Å²) in [5.41, 5.74) is 5.19. The van der Waals surface area contributed by atoms with Crippen molar-refractivity contribution in [1.82, 2.24) is 5.32 Å². The van der Waals surface area contributed by atoms with E-state index in [9.17, 15) is 0 Å². The molecule has 0 unspecified atom stereocenters. The minimum Gasteiger partial charge on any atom is -0.330 e. The summed E-state index contributed by atoms with van der Waals surface area (Å²) in [6.45, 7) is 1.97. The maximum Gasteiger partial charge on any atom is 0.0840 e. The number of nitrogens with one attached hydrogen (secondary N) is 1. The Labute approximate surface area is 49.5 Å². The molecule has 0 rings (SSSR count). The zero-order valence-corrected chi connectivity index (χ0v) is 4.85. The number of nitrogens with zero attached hydrogens (tertiary/aromatic N) is 1. The molecule has 0 aromatic rings. The third-order valence-corrected chi connectivity index (χ3v) is 0.762. The maximum absolute atomic E-state index is 8.02. The van der Waals surface area contributed by atoms with E-state index in [-0.39, 0.29) is 0 Å². The Bertz CT molecular complexity index is 74.2. The molecule has 0 aromatic heterocycles. The fourth-order valence-corrected chi connectivity index (χ4v) is 0.371. The molecule has 3 heteroatoms. The van der Waals surface area contributed by atoms with Gasteiger partial charge in [0.25, 0.3) is 0 Å². The van der Waals surface area contributed by atoms with Crippen molar-refractivity contribution in [2.75, 3.05) is 19.6 Å². The van der Waals surface area contributed by atoms with Crippen LogP contribution in [-0.2, 0) is 0 Å². The van der Waals surface area contributed by atoms with Crippen LogP contribution in [-0.4, -0.2) is 19.6 Å². The molecule has 8 heavy (non-hydrogen) atoms. The van der Waals surface area contributed by atoms with E-state index in [1.807, 2.05) is 6.07 Å². The van der Waals surface area contributed by atoms with Gasteiger partial charge in [-0.25, -0.2) is 0 Å². The van der Waals surface area contributed by atoms with Crippen molar-refractivity contribution in [1.29, 1.82) is 5.26 Å². The summed E-state index contributed by atoms with van der Waals surface area (Å²) in [5.74, 6) is 0. The number of hydrogen-bond donors (Lipinski definition) is 2. The van der Waals surface area contributed by atoms with E-state index in [0.29, 0.717) is 13.1 Å². The zero-order chi connectivity index (χ0) is 6.24. The van der Waals surface area contributed by atoms with Crippen LogP contribution < -0.4 is 11.1 Å². The van der Waals surface area contributed by atoms with Crippen molar-refractivity contribution in [3.8, 4) is 6.07 Å². The van der Waals surface area contributed by atoms with Crippen LogP contribution in [0.15, 0.2) is 0 Å². The fraction of sp³-hybridized carbons (Fsp3) is 0.800. The molecule has 0 aliphatic carbocycles. The number of rotatable bonds is 4. The van der Waals surface area contributed by atoms with Gasteiger partial charge >= 0.3 is 0 Å². The van der Waals surface area contributed by atoms with E-state index < -0.39 is 0 Å². The van der Waals surface area contributed by atoms with Gasteiger partial charge in [0.15, 0.2) is 0 Å². The van der Waals surface area contributed by atoms with Crippen LogP contribution >= 0.6 is 0 Å². The second-order valence-electron chi connectivity index (χ2n) is 1.48. The Balaban J connectivity index is 2.65. The van der Waals surface area contributed by atoms with Gasteiger partial charge in [-0.3, -0.25) is 0 Å². The second-order valence-corrected chi connectivity index (χ2v) is 1.48. The molecule has 0 fully saturated rings. The molecule has 0 radical (unpaired) electrons. The molecule has 3 N–H and O–H groups in total. The van der Waals surface area contributed by atoms with Gasteiger partial charge in [-0.05, 0) is 19.5 Å². The Morgan fingerprint density at radius 3 is 2.88 bits per heavy atom. The van der Waals surface area contributed by atoms with Crippen LogP contribution in [0.3, 0.4) is 0 Å². The van der Waals surface area contributed by atoms with Crippen LogP contribution in [0, 0.1) is 11.3 Å². The second kappa shape index (κ2) is 6.41. The van der Waals surface area contributed by atoms with Crippen molar-refractivity contribution < 1.29 is 0 Å². The van der Waals surface area contributed by atoms with E-state index >= 15 is 0 Å². The molecule has 3 nitrogen and oxygen atoms in total. The summed E-state index contributed by atoms with van der Waals surface area (Å²) in [6, 6.07) is 1.97. The minimum absolute atomic E-state index is 0.431. The molecular weight excluding hydrogens is 102 g/mol. The lowest BCUT2D eigenvalue weighted by Crippen LogP contribution is -2.17. The quantitative estimate of drug-likeness (QED) is 0.380. The highest BCUT2D eigenvalue weighted by molar-refractivity contribution is 4.72. The van der Waals surface area contributed by atoms with Crippen LogP contribution in [0.1, 0.15) is 6.42 Å². The zero-order valence-electron chi connectivity index (χ0n) is 4.85. The summed E-state index contributed by atoms with van der Waals surface area (Å²) in [4.78, 5) is 0. The lowest BCUT2D eigenvalue weighted by Gasteiger charge is -1.93. The van der Waals surface area contributed by atoms with Crippen molar-refractivity contribution in [3.63, 3.8) is 0 Å². The Morgan fingerprint density at radius 2 is 2.38 bits per heavy atom. The van der Waals surface area contributed by atoms with Gasteiger partial charge in [-0.1, -0.05) is 0 Å². The summed E-state index contributed by atoms with van der Waals surface area (Å²) in [5, 5.41) is 10.9. The van der Waals surface area contributed by atoms with Crippen molar-refractivity contribution in [3.05, 3.63) is 0 Å². The predicted molar refractivity (Wildman–Crippen MR) is 32.2 cm³/mol. The van der Waals surface area contributed by atoms with E-state index in [2.05, 4.69) is 5.32 Å². The normalized spacial score (nSPS) is 8.50. The Hall–Kier alpha value is -0.590. The highest BCUT2D eigenvalue weighted by Gasteiger charge is 1.80. The molecule has 0 saturated carbocycles. The molecule has 0 atom stereocenters. The van der Waals surface area contributed by atoms with Crippen LogP contribution in [0.25, 0.3) is 0 Å². The Kier molecular flexibility index (Phi) is 5.94. The topological polar surface area (TPSA) is 61.8 Å². The van der Waals surface area contributed by atoms with Crippen LogP contribution in [0.5, 0.6) is 0 Å². The summed E-state index contributed by atoms with van der Waals surface area (Å²) in [6.07, 6.45) is 0.946. The molecule has 0 aromatic carbocycles. The van der Waals surface area contributed by atoms with E-state index in [0.717, 1.165) is 13.0 Å². The van der Waals surface area contributed by atoms with Gasteiger partial charge in [0, 0.05) is 0 Å². The van der Waals surface area contributed by atoms with Gasteiger partial charge in [-0.15, -0.1) is 0 Å². The highest BCUT2D eigenvalue weighted by Crippen LogP contribution is 1.66. The minimum atomic E-state index is 0.431. The first-order valence-electron chi connectivity index (χ1n) is 2.69. The monoisotopic (exact) mass is 113 g/mol. The number of hydrogen-bond acceptors (Lipinski definition) is 3. The van der Waals surface area contributed by atoms with Crippen LogP contribution in [0.2, 0.25) is 0 Å². The average Bonchev–Trinajstić information content (AvgIpc) is 1.81. The fourth-order valence-electron chi connectivity index (χ4n) is 0.371. The van der Waals surface area contributed by atoms with Crippen molar-refractivity contribution in [2.24, 2.45) is 5.73 Å². The van der Waals surface area contributed by atoms with Gasteiger partial charge in [-0.2, -0.15) is 5.26 Å². The summed E-state index contributed by atoms with van der Waals surface area (Å²) in [7, 11) is 0. The van der Waals surface area contributed by atoms with E-state index in [1.54, 1.807) is 0 Å². The van der Waals surface area contributed by atoms with Crippen molar-refractivity contribution >= 4 is 0 Å². The molecule has 0 aliphatic heterocycles. The summed E-state index contributed by atoms with van der Waals surface area (Å²) < 4.78 is 0. The first-order chi connectivity index (χ1) is 3.91. The van der Waals surface area contributed by atoms with Gasteiger partial charge in [0.1, 0.15) is 0 Å². The lowest BCUT2D eigenvalue weighted by molar-refractivity contribution is 0.704. The molecule has 0 spiro atoms. The highest BCUT2D eigenvalue weighted by atomic mass is 14.8. The van der Waals surface area contributed by atoms with E-state index in [1.165, 1.54) is 0 Å². The first kappa shape index (κ1) is 7.41. The molecule has 46 valence electrons. The summed E-state index contributed by atoms with van der Waals surface area (Å²) >= 11 is 0. The third-order valence-electron chi connectivity index (χ3n) is 0.762. The standard InChI is InChI=1S/C5H11N3/c6-2-1-4-8-5-3-7/h8H,1-2,4-6H2. The molecule has 0 bridgehead atoms. The SMILES string of the molecule is N#CCNCCCN. The molecule has 0 aliphatic rings. The predicted octanol–water partition coefficient (Wildman–Crippen LogP) is -0.552. The van der Waals surface area contributed by atoms with Gasteiger partial charge < -0.3 is 11.1 Å². The van der Waals surface area contributed by atoms with E-state index in [4.69, 9.17) is 11.0 Å². The maximum atomic E-state index is 8.02. The molecular formula is C5H11N3. The molecule has 0 amide bonds. The number of nitrogens with two attached hydrogens (primary N) is 1. The van der Waals surface area contributed by atoms with Crippen molar-refractivity contribution in [2.45, 2.75) is 6.42 Å². The Morgan fingerprint density at radius 1 is 1.62 bits per heavy atom. The first-order valence-corrected chi connectivity index (χ1v) is 2.69. The molecule has 0 heterocycles. The lowest BCUT2D eigenvalue weighted by atomic mass is 10.4. The largest absolute Gasteiger partial charge is 0.330 e. The smallest absolute Gasteiger partial charge is 0.0840 e. The molecule has 0 saturated heterocycles. The average molecular weight is 113 g/mol. The third kappa shape index (κ3) is 5.41.